The molecule has 0 aromatic carbocycles. The third-order valence-electron chi connectivity index (χ3n) is 4.10. The second kappa shape index (κ2) is 6.43. The summed E-state index contributed by atoms with van der Waals surface area (Å²) in [5, 5.41) is 0. The maximum absolute atomic E-state index is 12.5. The van der Waals surface area contributed by atoms with E-state index in [0.717, 1.165) is 17.0 Å². The lowest BCUT2D eigenvalue weighted by atomic mass is 9.92. The van der Waals surface area contributed by atoms with Crippen LogP contribution >= 0.6 is 0 Å². The first kappa shape index (κ1) is 16.8. The molecule has 0 radical (unpaired) electrons. The molecule has 2 unspecified atom stereocenters. The van der Waals surface area contributed by atoms with Gasteiger partial charge in [-0.15, -0.1) is 0 Å². The highest BCUT2D eigenvalue weighted by Gasteiger charge is 2.40. The van der Waals surface area contributed by atoms with E-state index in [1.807, 2.05) is 37.8 Å². The number of pyridine rings is 1. The van der Waals surface area contributed by atoms with Crippen molar-refractivity contribution < 1.29 is 19.0 Å². The van der Waals surface area contributed by atoms with Gasteiger partial charge < -0.3 is 14.2 Å². The van der Waals surface area contributed by atoms with E-state index >= 15 is 0 Å². The quantitative estimate of drug-likeness (QED) is 0.833. The number of rotatable bonds is 2. The average molecular weight is 332 g/mol. The standard InChI is InChI=1S/C18H24N2O4/c1-18(2,3)24-17(21)20-13-7-12(8-14(20)11-23-10-13)16-6-5-15(22-4)9-19-16/h5-7,9,13-14H,8,10-11H2,1-4H3. The molecule has 6 heteroatoms. The van der Waals surface area contributed by atoms with Gasteiger partial charge >= 0.3 is 6.09 Å². The molecule has 1 fully saturated rings. The number of carbonyl (C=O) groups is 1. The zero-order valence-electron chi connectivity index (χ0n) is 14.6. The summed E-state index contributed by atoms with van der Waals surface area (Å²) in [6.07, 6.45) is 4.20. The number of ether oxygens (including phenoxy) is 3. The van der Waals surface area contributed by atoms with Crippen molar-refractivity contribution in [2.45, 2.75) is 44.9 Å². The molecule has 0 saturated carbocycles. The van der Waals surface area contributed by atoms with E-state index in [0.29, 0.717) is 19.6 Å². The highest BCUT2D eigenvalue weighted by atomic mass is 16.6. The Morgan fingerprint density at radius 3 is 2.71 bits per heavy atom. The lowest BCUT2D eigenvalue weighted by Gasteiger charge is -2.44. The molecule has 2 bridgehead atoms. The van der Waals surface area contributed by atoms with Crippen molar-refractivity contribution in [3.63, 3.8) is 0 Å². The number of carbonyl (C=O) groups excluding carboxylic acids is 1. The highest BCUT2D eigenvalue weighted by molar-refractivity contribution is 5.74. The van der Waals surface area contributed by atoms with E-state index < -0.39 is 5.60 Å². The van der Waals surface area contributed by atoms with Crippen LogP contribution in [0.2, 0.25) is 0 Å². The molecule has 3 rings (SSSR count). The molecule has 24 heavy (non-hydrogen) atoms. The zero-order valence-corrected chi connectivity index (χ0v) is 14.6. The molecule has 0 spiro atoms. The van der Waals surface area contributed by atoms with Crippen molar-refractivity contribution in [2.24, 2.45) is 0 Å². The maximum Gasteiger partial charge on any atom is 0.411 e. The summed E-state index contributed by atoms with van der Waals surface area (Å²) in [5.41, 5.74) is 1.54. The predicted molar refractivity (Wildman–Crippen MR) is 89.9 cm³/mol. The monoisotopic (exact) mass is 332 g/mol. The van der Waals surface area contributed by atoms with Crippen molar-refractivity contribution in [3.05, 3.63) is 30.1 Å². The summed E-state index contributed by atoms with van der Waals surface area (Å²) in [6, 6.07) is 3.70. The van der Waals surface area contributed by atoms with Crippen molar-refractivity contribution in [2.75, 3.05) is 20.3 Å². The van der Waals surface area contributed by atoms with E-state index in [9.17, 15) is 4.79 Å². The molecule has 0 N–H and O–H groups in total. The number of amides is 1. The van der Waals surface area contributed by atoms with Crippen LogP contribution in [-0.4, -0.2) is 54.0 Å². The molecule has 2 aliphatic rings. The van der Waals surface area contributed by atoms with Gasteiger partial charge in [0.2, 0.25) is 0 Å². The van der Waals surface area contributed by atoms with Gasteiger partial charge in [0.25, 0.3) is 0 Å². The Bertz CT molecular complexity index is 633. The molecule has 1 aromatic rings. The van der Waals surface area contributed by atoms with Crippen LogP contribution < -0.4 is 4.74 Å². The number of nitrogens with zero attached hydrogens (tertiary/aromatic N) is 2. The van der Waals surface area contributed by atoms with Gasteiger partial charge in [0.15, 0.2) is 0 Å². The molecule has 3 heterocycles. The van der Waals surface area contributed by atoms with E-state index in [1.165, 1.54) is 0 Å². The number of hydrogen-bond acceptors (Lipinski definition) is 5. The van der Waals surface area contributed by atoms with Crippen LogP contribution in [0, 0.1) is 0 Å². The van der Waals surface area contributed by atoms with Gasteiger partial charge in [0.1, 0.15) is 11.4 Å². The fourth-order valence-corrected chi connectivity index (χ4v) is 3.08. The second-order valence-corrected chi connectivity index (χ2v) is 7.13. The van der Waals surface area contributed by atoms with Crippen molar-refractivity contribution in [1.29, 1.82) is 0 Å². The zero-order chi connectivity index (χ0) is 17.3. The first-order valence-corrected chi connectivity index (χ1v) is 8.17. The van der Waals surface area contributed by atoms with E-state index in [-0.39, 0.29) is 18.2 Å². The van der Waals surface area contributed by atoms with Crippen LogP contribution in [0.1, 0.15) is 32.9 Å². The van der Waals surface area contributed by atoms with Gasteiger partial charge in [-0.3, -0.25) is 9.88 Å². The lowest BCUT2D eigenvalue weighted by Crippen LogP contribution is -2.57. The molecule has 130 valence electrons. The second-order valence-electron chi connectivity index (χ2n) is 7.13. The van der Waals surface area contributed by atoms with E-state index in [1.54, 1.807) is 13.3 Å². The number of fused-ring (bicyclic) bond motifs is 2. The summed E-state index contributed by atoms with van der Waals surface area (Å²) in [5.74, 6) is 0.731. The summed E-state index contributed by atoms with van der Waals surface area (Å²) in [7, 11) is 1.62. The first-order valence-electron chi connectivity index (χ1n) is 8.17. The molecule has 2 atom stereocenters. The van der Waals surface area contributed by atoms with Crippen LogP contribution in [0.25, 0.3) is 5.57 Å². The fourth-order valence-electron chi connectivity index (χ4n) is 3.08. The minimum atomic E-state index is -0.506. The first-order chi connectivity index (χ1) is 11.4. The molecule has 1 aromatic heterocycles. The van der Waals surface area contributed by atoms with Gasteiger partial charge in [-0.05, 0) is 44.9 Å². The lowest BCUT2D eigenvalue weighted by molar-refractivity contribution is -0.0511. The summed E-state index contributed by atoms with van der Waals surface area (Å²) < 4.78 is 16.3. The highest BCUT2D eigenvalue weighted by Crippen LogP contribution is 2.33. The molecule has 1 amide bonds. The minimum Gasteiger partial charge on any atom is -0.495 e. The largest absolute Gasteiger partial charge is 0.495 e. The summed E-state index contributed by atoms with van der Waals surface area (Å²) in [4.78, 5) is 18.8. The fraction of sp³-hybridized carbons (Fsp3) is 0.556. The van der Waals surface area contributed by atoms with Crippen molar-refractivity contribution in [1.82, 2.24) is 9.88 Å². The maximum atomic E-state index is 12.5. The van der Waals surface area contributed by atoms with Gasteiger partial charge in [0.05, 0.1) is 44.3 Å². The minimum absolute atomic E-state index is 0.0255. The van der Waals surface area contributed by atoms with Crippen molar-refractivity contribution in [3.8, 4) is 5.75 Å². The Morgan fingerprint density at radius 2 is 2.12 bits per heavy atom. The van der Waals surface area contributed by atoms with Crippen LogP contribution in [0.4, 0.5) is 4.79 Å². The Labute approximate surface area is 142 Å². The van der Waals surface area contributed by atoms with Gasteiger partial charge in [-0.1, -0.05) is 6.08 Å². The topological polar surface area (TPSA) is 60.9 Å². The smallest absolute Gasteiger partial charge is 0.411 e. The normalized spacial score (nSPS) is 23.5. The van der Waals surface area contributed by atoms with E-state index in [4.69, 9.17) is 14.2 Å². The van der Waals surface area contributed by atoms with Crippen LogP contribution in [-0.2, 0) is 9.47 Å². The van der Waals surface area contributed by atoms with Gasteiger partial charge in [0, 0.05) is 0 Å². The number of methoxy groups -OCH3 is 1. The summed E-state index contributed by atoms with van der Waals surface area (Å²) in [6.45, 7) is 6.63. The van der Waals surface area contributed by atoms with Crippen LogP contribution in [0.15, 0.2) is 24.4 Å². The van der Waals surface area contributed by atoms with Gasteiger partial charge in [-0.25, -0.2) is 4.79 Å². The number of aromatic nitrogens is 1. The third-order valence-corrected chi connectivity index (χ3v) is 4.10. The molecule has 2 aliphatic heterocycles. The molecule has 6 nitrogen and oxygen atoms in total. The summed E-state index contributed by atoms with van der Waals surface area (Å²) >= 11 is 0. The molecule has 1 saturated heterocycles. The Kier molecular flexibility index (Phi) is 4.49. The third kappa shape index (κ3) is 3.53. The molecular weight excluding hydrogens is 308 g/mol. The molecular formula is C18H24N2O4. The predicted octanol–water partition coefficient (Wildman–Crippen LogP) is 2.88. The number of morpholine rings is 1. The van der Waals surface area contributed by atoms with Crippen molar-refractivity contribution >= 4 is 11.7 Å². The average Bonchev–Trinajstić information content (AvgIpc) is 2.52. The Balaban J connectivity index is 1.82. The van der Waals surface area contributed by atoms with Crippen LogP contribution in [0.5, 0.6) is 5.75 Å². The Hall–Kier alpha value is -2.08. The SMILES string of the molecule is COc1ccc(C2=CC3COCC(C2)N3C(=O)OC(C)(C)C)nc1. The Morgan fingerprint density at radius 1 is 1.33 bits per heavy atom. The van der Waals surface area contributed by atoms with Crippen LogP contribution in [0.3, 0.4) is 0 Å². The number of hydrogen-bond donors (Lipinski definition) is 0. The molecule has 0 aliphatic carbocycles. The van der Waals surface area contributed by atoms with E-state index in [2.05, 4.69) is 11.1 Å². The van der Waals surface area contributed by atoms with Gasteiger partial charge in [-0.2, -0.15) is 0 Å².